The van der Waals surface area contributed by atoms with Crippen LogP contribution in [0.1, 0.15) is 41.0 Å². The first-order valence-electron chi connectivity index (χ1n) is 9.06. The van der Waals surface area contributed by atoms with E-state index in [-0.39, 0.29) is 33.9 Å². The van der Waals surface area contributed by atoms with E-state index in [2.05, 4.69) is 4.98 Å². The minimum Gasteiger partial charge on any atom is -0.308 e. The predicted molar refractivity (Wildman–Crippen MR) is 113 cm³/mol. The second-order valence-electron chi connectivity index (χ2n) is 7.08. The van der Waals surface area contributed by atoms with E-state index >= 15 is 0 Å². The predicted octanol–water partition coefficient (Wildman–Crippen LogP) is 2.18. The summed E-state index contributed by atoms with van der Waals surface area (Å²) in [5.41, 5.74) is 2.53. The van der Waals surface area contributed by atoms with Crippen molar-refractivity contribution >= 4 is 39.2 Å². The molecule has 1 atom stereocenters. The lowest BCUT2D eigenvalue weighted by molar-refractivity contribution is -0.116. The minimum absolute atomic E-state index is 0.0148. The third-order valence-corrected chi connectivity index (χ3v) is 6.76. The molecule has 10 heteroatoms. The van der Waals surface area contributed by atoms with Gasteiger partial charge in [-0.25, -0.2) is 18.5 Å². The number of thioether (sulfide) groups is 1. The number of nitrogens with zero attached hydrogens (tertiary/aromatic N) is 3. The molecule has 1 amide bonds. The number of aryl methyl sites for hydroxylation is 1. The van der Waals surface area contributed by atoms with Gasteiger partial charge >= 0.3 is 0 Å². The van der Waals surface area contributed by atoms with Gasteiger partial charge in [-0.2, -0.15) is 5.26 Å². The van der Waals surface area contributed by atoms with Gasteiger partial charge in [0.2, 0.25) is 15.9 Å². The number of carbonyl (C=O) groups excluding carboxylic acids is 2. The molecule has 1 unspecified atom stereocenters. The number of carbonyl (C=O) groups is 2. The summed E-state index contributed by atoms with van der Waals surface area (Å²) in [4.78, 5) is 30.6. The molecular weight excluding hydrogens is 424 g/mol. The molecule has 1 aromatic heterocycles. The first-order valence-corrected chi connectivity index (χ1v) is 11.6. The molecule has 0 spiro atoms. The van der Waals surface area contributed by atoms with Crippen molar-refractivity contribution in [3.05, 3.63) is 46.6 Å². The van der Waals surface area contributed by atoms with Crippen LogP contribution >= 0.6 is 11.8 Å². The van der Waals surface area contributed by atoms with Gasteiger partial charge in [0.15, 0.2) is 5.78 Å². The standard InChI is InChI=1S/C20H20N4O4S2/c1-11-6-14-7-16(30(22,27)28)4-5-18(14)24(11)19(26)10-29-20-15(9-21)8-17(13(3)25)12(2)23-20/h4-5,7-8,11H,6,10H2,1-3H3,(H2,22,27,28). The third-order valence-electron chi connectivity index (χ3n) is 4.87. The topological polar surface area (TPSA) is 134 Å². The number of Topliss-reactive ketones (excluding diaryl/α,β-unsaturated/α-hetero) is 1. The summed E-state index contributed by atoms with van der Waals surface area (Å²) in [6, 6.07) is 7.86. The van der Waals surface area contributed by atoms with Gasteiger partial charge in [0.05, 0.1) is 16.2 Å². The molecule has 1 aromatic carbocycles. The SMILES string of the molecule is CC(=O)c1cc(C#N)c(SCC(=O)N2c3ccc(S(N)(=O)=O)cc3CC2C)nc1C. The molecule has 156 valence electrons. The van der Waals surface area contributed by atoms with E-state index < -0.39 is 10.0 Å². The van der Waals surface area contributed by atoms with Gasteiger partial charge in [-0.3, -0.25) is 9.59 Å². The number of amides is 1. The number of rotatable bonds is 5. The van der Waals surface area contributed by atoms with Crippen LogP contribution in [0.4, 0.5) is 5.69 Å². The zero-order valence-corrected chi connectivity index (χ0v) is 18.3. The van der Waals surface area contributed by atoms with Gasteiger partial charge in [-0.1, -0.05) is 11.8 Å². The Bertz CT molecular complexity index is 1200. The number of aromatic nitrogens is 1. The van der Waals surface area contributed by atoms with E-state index in [1.165, 1.54) is 25.1 Å². The van der Waals surface area contributed by atoms with E-state index in [1.807, 2.05) is 13.0 Å². The Hall–Kier alpha value is -2.74. The van der Waals surface area contributed by atoms with Crippen molar-refractivity contribution in [3.8, 4) is 6.07 Å². The van der Waals surface area contributed by atoms with Crippen molar-refractivity contribution in [2.24, 2.45) is 5.14 Å². The van der Waals surface area contributed by atoms with Crippen LogP contribution in [0.3, 0.4) is 0 Å². The van der Waals surface area contributed by atoms with Crippen molar-refractivity contribution in [1.82, 2.24) is 4.98 Å². The first kappa shape index (κ1) is 22.0. The van der Waals surface area contributed by atoms with Gasteiger partial charge in [0.1, 0.15) is 11.1 Å². The zero-order valence-electron chi connectivity index (χ0n) is 16.7. The lowest BCUT2D eigenvalue weighted by atomic mass is 10.1. The molecule has 0 radical (unpaired) electrons. The molecule has 3 rings (SSSR count). The number of fused-ring (bicyclic) bond motifs is 1. The van der Waals surface area contributed by atoms with Crippen LogP contribution in [-0.2, 0) is 21.2 Å². The van der Waals surface area contributed by atoms with Crippen molar-refractivity contribution in [3.63, 3.8) is 0 Å². The maximum absolute atomic E-state index is 12.9. The molecule has 0 saturated carbocycles. The molecule has 0 fully saturated rings. The second-order valence-corrected chi connectivity index (χ2v) is 9.61. The largest absolute Gasteiger partial charge is 0.308 e. The molecule has 2 heterocycles. The Morgan fingerprint density at radius 3 is 2.67 bits per heavy atom. The number of sulfonamides is 1. The Morgan fingerprint density at radius 1 is 1.37 bits per heavy atom. The number of pyridine rings is 1. The molecule has 2 N–H and O–H groups in total. The smallest absolute Gasteiger partial charge is 0.238 e. The highest BCUT2D eigenvalue weighted by Gasteiger charge is 2.32. The molecule has 30 heavy (non-hydrogen) atoms. The molecule has 2 aromatic rings. The number of nitrogens with two attached hydrogens (primary N) is 1. The Kier molecular flexibility index (Phi) is 5.99. The molecule has 8 nitrogen and oxygen atoms in total. The van der Waals surface area contributed by atoms with Crippen LogP contribution in [0.25, 0.3) is 0 Å². The highest BCUT2D eigenvalue weighted by atomic mass is 32.2. The number of nitriles is 1. The van der Waals surface area contributed by atoms with Crippen LogP contribution in [0, 0.1) is 18.3 Å². The van der Waals surface area contributed by atoms with Crippen molar-refractivity contribution < 1.29 is 18.0 Å². The highest BCUT2D eigenvalue weighted by molar-refractivity contribution is 8.00. The average Bonchev–Trinajstić information content (AvgIpc) is 3.00. The molecule has 0 saturated heterocycles. The van der Waals surface area contributed by atoms with Gasteiger partial charge < -0.3 is 4.90 Å². The Morgan fingerprint density at radius 2 is 2.07 bits per heavy atom. The normalized spacial score (nSPS) is 15.6. The average molecular weight is 445 g/mol. The van der Waals surface area contributed by atoms with E-state index in [1.54, 1.807) is 17.9 Å². The lowest BCUT2D eigenvalue weighted by Gasteiger charge is -2.22. The number of benzene rings is 1. The van der Waals surface area contributed by atoms with Gasteiger partial charge in [0.25, 0.3) is 0 Å². The fourth-order valence-corrected chi connectivity index (χ4v) is 4.92. The minimum atomic E-state index is -3.82. The monoisotopic (exact) mass is 444 g/mol. The Balaban J connectivity index is 1.82. The van der Waals surface area contributed by atoms with Crippen molar-refractivity contribution in [1.29, 1.82) is 5.26 Å². The fourth-order valence-electron chi connectivity index (χ4n) is 3.49. The first-order chi connectivity index (χ1) is 14.0. The van der Waals surface area contributed by atoms with Crippen LogP contribution in [-0.4, -0.2) is 36.9 Å². The van der Waals surface area contributed by atoms with E-state index in [9.17, 15) is 23.3 Å². The van der Waals surface area contributed by atoms with Crippen LogP contribution < -0.4 is 10.0 Å². The van der Waals surface area contributed by atoms with E-state index in [0.29, 0.717) is 28.4 Å². The van der Waals surface area contributed by atoms with Crippen LogP contribution in [0.5, 0.6) is 0 Å². The van der Waals surface area contributed by atoms with Gasteiger partial charge in [0, 0.05) is 23.0 Å². The second kappa shape index (κ2) is 8.18. The fraction of sp³-hybridized carbons (Fsp3) is 0.300. The molecule has 1 aliphatic heterocycles. The van der Waals surface area contributed by atoms with E-state index in [4.69, 9.17) is 5.14 Å². The van der Waals surface area contributed by atoms with Crippen LogP contribution in [0.15, 0.2) is 34.2 Å². The third kappa shape index (κ3) is 4.23. The van der Waals surface area contributed by atoms with Crippen LogP contribution in [0.2, 0.25) is 0 Å². The molecular formula is C20H20N4O4S2. The summed E-state index contributed by atoms with van der Waals surface area (Å²) in [6.07, 6.45) is 0.517. The molecule has 0 bridgehead atoms. The summed E-state index contributed by atoms with van der Waals surface area (Å²) in [6.45, 7) is 4.98. The quantitative estimate of drug-likeness (QED) is 0.552. The van der Waals surface area contributed by atoms with Crippen molar-refractivity contribution in [2.75, 3.05) is 10.7 Å². The van der Waals surface area contributed by atoms with E-state index in [0.717, 1.165) is 17.3 Å². The summed E-state index contributed by atoms with van der Waals surface area (Å²) in [5.74, 6) is -0.319. The summed E-state index contributed by atoms with van der Waals surface area (Å²) < 4.78 is 23.2. The molecule has 0 aliphatic carbocycles. The number of anilines is 1. The maximum atomic E-state index is 12.9. The summed E-state index contributed by atoms with van der Waals surface area (Å²) >= 11 is 1.13. The number of ketones is 1. The van der Waals surface area contributed by atoms with Gasteiger partial charge in [-0.05, 0) is 57.0 Å². The highest BCUT2D eigenvalue weighted by Crippen LogP contribution is 2.35. The summed E-state index contributed by atoms with van der Waals surface area (Å²) in [7, 11) is -3.82. The summed E-state index contributed by atoms with van der Waals surface area (Å²) in [5, 5.41) is 15.0. The number of hydrogen-bond donors (Lipinski definition) is 1. The van der Waals surface area contributed by atoms with Gasteiger partial charge in [-0.15, -0.1) is 0 Å². The molecule has 1 aliphatic rings. The lowest BCUT2D eigenvalue weighted by Crippen LogP contribution is -2.37. The maximum Gasteiger partial charge on any atom is 0.238 e. The van der Waals surface area contributed by atoms with Crippen molar-refractivity contribution in [2.45, 2.75) is 43.2 Å². The zero-order chi connectivity index (χ0) is 22.2. The Labute approximate surface area is 179 Å². The number of primary sulfonamides is 1. The number of hydrogen-bond acceptors (Lipinski definition) is 7.